The minimum absolute atomic E-state index is 0.355. The third kappa shape index (κ3) is 2.75. The van der Waals surface area contributed by atoms with Gasteiger partial charge in [-0.15, -0.1) is 0 Å². The summed E-state index contributed by atoms with van der Waals surface area (Å²) in [6.07, 6.45) is -0.691. The quantitative estimate of drug-likeness (QED) is 0.530. The Morgan fingerprint density at radius 1 is 1.33 bits per heavy atom. The van der Waals surface area contributed by atoms with E-state index in [1.807, 2.05) is 0 Å². The number of amides is 1. The molecule has 1 heterocycles. The number of esters is 1. The summed E-state index contributed by atoms with van der Waals surface area (Å²) >= 11 is 1.06. The molecule has 1 saturated heterocycles. The van der Waals surface area contributed by atoms with Crippen LogP contribution in [0.4, 0.5) is 0 Å². The molecular formula is C6H8NO4V-. The molecule has 1 rings (SSSR count). The van der Waals surface area contributed by atoms with Crippen LogP contribution in [0.2, 0.25) is 0 Å². The van der Waals surface area contributed by atoms with Crippen molar-refractivity contribution in [3.63, 3.8) is 0 Å². The van der Waals surface area contributed by atoms with Gasteiger partial charge < -0.3 is 14.8 Å². The van der Waals surface area contributed by atoms with Crippen LogP contribution in [0.3, 0.4) is 0 Å². The van der Waals surface area contributed by atoms with E-state index in [9.17, 15) is 9.59 Å². The van der Waals surface area contributed by atoms with E-state index in [4.69, 9.17) is 3.67 Å². The normalized spacial score (nSPS) is 27.8. The van der Waals surface area contributed by atoms with Gasteiger partial charge >= 0.3 is 21.0 Å². The fraction of sp³-hybridized carbons (Fsp3) is 0.667. The van der Waals surface area contributed by atoms with Gasteiger partial charge in [-0.2, -0.15) is 0 Å². The van der Waals surface area contributed by atoms with Crippen LogP contribution in [0, 0.1) is 0 Å². The molecule has 2 unspecified atom stereocenters. The number of rotatable bonds is 0. The maximum atomic E-state index is 10.7. The molecule has 0 radical (unpaired) electrons. The second-order valence-electron chi connectivity index (χ2n) is 2.22. The van der Waals surface area contributed by atoms with Crippen LogP contribution in [0.25, 0.3) is 5.32 Å². The summed E-state index contributed by atoms with van der Waals surface area (Å²) in [7, 11) is 0. The fourth-order valence-corrected chi connectivity index (χ4v) is 0.672. The van der Waals surface area contributed by atoms with Crippen molar-refractivity contribution < 1.29 is 35.4 Å². The number of nitrogens with zero attached hydrogens (tertiary/aromatic N) is 1. The molecule has 67 valence electrons. The third-order valence-electron chi connectivity index (χ3n) is 1.30. The van der Waals surface area contributed by atoms with Crippen LogP contribution in [0.15, 0.2) is 0 Å². The first-order valence-corrected chi connectivity index (χ1v) is 3.81. The van der Waals surface area contributed by atoms with Gasteiger partial charge in [-0.1, -0.05) is 6.92 Å². The topological polar surface area (TPSA) is 74.5 Å². The van der Waals surface area contributed by atoms with Gasteiger partial charge in [-0.25, -0.2) is 0 Å². The molecule has 0 aromatic carbocycles. The van der Waals surface area contributed by atoms with Gasteiger partial charge in [0.1, 0.15) is 6.10 Å². The molecule has 5 nitrogen and oxygen atoms in total. The number of hydrogen-bond donors (Lipinski definition) is 0. The Morgan fingerprint density at radius 2 is 1.83 bits per heavy atom. The Kier molecular flexibility index (Phi) is 4.77. The summed E-state index contributed by atoms with van der Waals surface area (Å²) in [5.74, 6) is -0.779. The van der Waals surface area contributed by atoms with E-state index in [0.29, 0.717) is 0 Å². The molecule has 1 amide bonds. The predicted molar refractivity (Wildman–Crippen MR) is 34.1 cm³/mol. The Bertz CT molecular complexity index is 176. The Hall–Kier alpha value is -0.676. The van der Waals surface area contributed by atoms with Crippen molar-refractivity contribution >= 4 is 11.9 Å². The summed E-state index contributed by atoms with van der Waals surface area (Å²) < 4.78 is 12.8. The minimum atomic E-state index is -0.691. The van der Waals surface area contributed by atoms with Crippen molar-refractivity contribution in [2.45, 2.75) is 26.0 Å². The van der Waals surface area contributed by atoms with Crippen LogP contribution < -0.4 is 0 Å². The van der Waals surface area contributed by atoms with E-state index in [0.717, 1.165) is 17.4 Å². The number of cyclic esters (lactones) is 1. The summed E-state index contributed by atoms with van der Waals surface area (Å²) in [4.78, 5) is 21.4. The molecule has 0 aromatic heterocycles. The molecule has 0 aliphatic carbocycles. The van der Waals surface area contributed by atoms with E-state index in [2.05, 4.69) is 10.1 Å². The van der Waals surface area contributed by atoms with Crippen LogP contribution >= 0.6 is 0 Å². The first-order valence-electron chi connectivity index (χ1n) is 3.24. The molecule has 12 heavy (non-hydrogen) atoms. The van der Waals surface area contributed by atoms with Gasteiger partial charge in [-0.3, -0.25) is 4.79 Å². The molecular weight excluding hydrogens is 201 g/mol. The van der Waals surface area contributed by atoms with E-state index in [-0.39, 0.29) is 5.91 Å². The summed E-state index contributed by atoms with van der Waals surface area (Å²) in [5, 5.41) is 3.53. The van der Waals surface area contributed by atoms with Crippen LogP contribution in [0.1, 0.15) is 13.8 Å². The van der Waals surface area contributed by atoms with E-state index < -0.39 is 18.1 Å². The van der Waals surface area contributed by atoms with Gasteiger partial charge in [0, 0.05) is 0 Å². The molecule has 6 heteroatoms. The average molecular weight is 209 g/mol. The van der Waals surface area contributed by atoms with Gasteiger partial charge in [0.15, 0.2) is 0 Å². The fourth-order valence-electron chi connectivity index (χ4n) is 0.672. The van der Waals surface area contributed by atoms with Crippen molar-refractivity contribution in [3.8, 4) is 0 Å². The van der Waals surface area contributed by atoms with E-state index in [1.54, 1.807) is 0 Å². The maximum absolute atomic E-state index is 10.7. The molecule has 0 aromatic rings. The molecule has 1 aliphatic heterocycles. The molecule has 0 spiro atoms. The van der Waals surface area contributed by atoms with Crippen LogP contribution in [0.5, 0.6) is 0 Å². The standard InChI is InChI=1S/C6H9NO3.O.V/c1-3-6(9)10-4(2)5(8)7-3;;/h3-4H,1-2H3,(H,7,8);;/p-1. The number of carbonyl (C=O) groups excluding carboxylic acids is 2. The Labute approximate surface area is 79.0 Å². The molecule has 0 N–H and O–H groups in total. The molecule has 2 atom stereocenters. The van der Waals surface area contributed by atoms with Crippen molar-refractivity contribution in [1.82, 2.24) is 0 Å². The van der Waals surface area contributed by atoms with E-state index in [1.165, 1.54) is 13.8 Å². The first-order chi connectivity index (χ1) is 5.61. The van der Waals surface area contributed by atoms with Crippen LogP contribution in [-0.4, -0.2) is 24.0 Å². The Morgan fingerprint density at radius 3 is 2.25 bits per heavy atom. The van der Waals surface area contributed by atoms with Crippen LogP contribution in [-0.2, 0) is 35.4 Å². The molecule has 1 fully saturated rings. The first kappa shape index (κ1) is 11.3. The van der Waals surface area contributed by atoms with Crippen molar-refractivity contribution in [1.29, 1.82) is 0 Å². The zero-order valence-electron chi connectivity index (χ0n) is 6.68. The monoisotopic (exact) mass is 209 g/mol. The Balaban J connectivity index is 0.000000561. The molecule has 0 saturated carbocycles. The van der Waals surface area contributed by atoms with Crippen molar-refractivity contribution in [3.05, 3.63) is 5.32 Å². The second-order valence-corrected chi connectivity index (χ2v) is 2.22. The molecule has 0 bridgehead atoms. The number of ether oxygens (including phenoxy) is 1. The average Bonchev–Trinajstić information content (AvgIpc) is 2.05. The third-order valence-corrected chi connectivity index (χ3v) is 1.30. The van der Waals surface area contributed by atoms with E-state index >= 15 is 0 Å². The summed E-state index contributed by atoms with van der Waals surface area (Å²) in [5.41, 5.74) is 0. The summed E-state index contributed by atoms with van der Waals surface area (Å²) in [6, 6.07) is -0.622. The van der Waals surface area contributed by atoms with Crippen molar-refractivity contribution in [2.75, 3.05) is 0 Å². The SMILES string of the molecule is CC1[N-]C(=O)C(C)OC1=O.[O]=[V]. The zero-order valence-corrected chi connectivity index (χ0v) is 8.08. The molecule has 1 aliphatic rings. The zero-order chi connectivity index (χ0) is 9.72. The number of hydrogen-bond acceptors (Lipinski definition) is 4. The van der Waals surface area contributed by atoms with Crippen molar-refractivity contribution in [2.24, 2.45) is 0 Å². The van der Waals surface area contributed by atoms with Gasteiger partial charge in [0.05, 0.1) is 5.91 Å². The second kappa shape index (κ2) is 5.06. The number of carbonyl (C=O) groups is 2. The number of morpholine rings is 1. The predicted octanol–water partition coefficient (Wildman–Crippen LogP) is 0.0992. The van der Waals surface area contributed by atoms with Gasteiger partial charge in [0.2, 0.25) is 0 Å². The summed E-state index contributed by atoms with van der Waals surface area (Å²) in [6.45, 7) is 3.04. The van der Waals surface area contributed by atoms with Gasteiger partial charge in [0.25, 0.3) is 5.97 Å². The van der Waals surface area contributed by atoms with Gasteiger partial charge in [-0.05, 0) is 13.0 Å².